The van der Waals surface area contributed by atoms with Gasteiger partial charge in [0.2, 0.25) is 10.0 Å². The van der Waals surface area contributed by atoms with E-state index in [4.69, 9.17) is 0 Å². The van der Waals surface area contributed by atoms with Gasteiger partial charge in [0.1, 0.15) is 11.6 Å². The van der Waals surface area contributed by atoms with Gasteiger partial charge in [-0.25, -0.2) is 17.2 Å². The number of hydrogen-bond acceptors (Lipinski definition) is 3. The first-order chi connectivity index (χ1) is 14.4. The van der Waals surface area contributed by atoms with Gasteiger partial charge in [-0.15, -0.1) is 0 Å². The molecule has 0 aliphatic carbocycles. The fourth-order valence-corrected chi connectivity index (χ4v) is 5.30. The molecular formula is C23H22F2N2O2S. The molecule has 2 heterocycles. The Kier molecular flexibility index (Phi) is 5.92. The standard InChI is InChI=1S/C23H22F2N2O2S/c24-20-6-3-17(4-7-20)14-18-5-12-23(26-15-18)19-2-1-13-27(16-19)30(28,29)22-10-8-21(25)9-11-22/h3-12,15,19H,1-2,13-14,16H2/t19-/m1/s1. The van der Waals surface area contributed by atoms with Crippen molar-refractivity contribution in [3.8, 4) is 0 Å². The van der Waals surface area contributed by atoms with Crippen molar-refractivity contribution in [2.45, 2.75) is 30.1 Å². The molecule has 0 N–H and O–H groups in total. The lowest BCUT2D eigenvalue weighted by Crippen LogP contribution is -2.39. The topological polar surface area (TPSA) is 50.3 Å². The molecule has 1 aliphatic heterocycles. The summed E-state index contributed by atoms with van der Waals surface area (Å²) in [5.41, 5.74) is 2.87. The van der Waals surface area contributed by atoms with Gasteiger partial charge in [0.15, 0.2) is 0 Å². The first-order valence-corrected chi connectivity index (χ1v) is 11.3. The predicted octanol–water partition coefficient (Wildman–Crippen LogP) is 4.52. The molecule has 0 bridgehead atoms. The van der Waals surface area contributed by atoms with E-state index in [9.17, 15) is 17.2 Å². The third-order valence-corrected chi connectivity index (χ3v) is 7.30. The number of sulfonamides is 1. The van der Waals surface area contributed by atoms with Crippen molar-refractivity contribution in [1.82, 2.24) is 9.29 Å². The van der Waals surface area contributed by atoms with Crippen molar-refractivity contribution in [3.05, 3.63) is 95.3 Å². The van der Waals surface area contributed by atoms with Gasteiger partial charge >= 0.3 is 0 Å². The van der Waals surface area contributed by atoms with Gasteiger partial charge in [0.05, 0.1) is 4.90 Å². The van der Waals surface area contributed by atoms with E-state index in [-0.39, 0.29) is 16.6 Å². The van der Waals surface area contributed by atoms with Crippen molar-refractivity contribution >= 4 is 10.0 Å². The van der Waals surface area contributed by atoms with E-state index < -0.39 is 15.8 Å². The van der Waals surface area contributed by atoms with Crippen LogP contribution in [0.3, 0.4) is 0 Å². The Balaban J connectivity index is 1.46. The van der Waals surface area contributed by atoms with Crippen LogP contribution in [0.1, 0.15) is 35.6 Å². The second-order valence-electron chi connectivity index (χ2n) is 7.55. The highest BCUT2D eigenvalue weighted by molar-refractivity contribution is 7.89. The molecule has 0 unspecified atom stereocenters. The molecule has 4 nitrogen and oxygen atoms in total. The van der Waals surface area contributed by atoms with Crippen LogP contribution < -0.4 is 0 Å². The van der Waals surface area contributed by atoms with Crippen molar-refractivity contribution < 1.29 is 17.2 Å². The smallest absolute Gasteiger partial charge is 0.243 e. The highest BCUT2D eigenvalue weighted by atomic mass is 32.2. The molecule has 4 rings (SSSR count). The molecule has 2 aromatic carbocycles. The number of nitrogens with zero attached hydrogens (tertiary/aromatic N) is 2. The summed E-state index contributed by atoms with van der Waals surface area (Å²) in [5.74, 6) is -0.714. The Hall–Kier alpha value is -2.64. The lowest BCUT2D eigenvalue weighted by atomic mass is 9.95. The van der Waals surface area contributed by atoms with Gasteiger partial charge in [-0.1, -0.05) is 18.2 Å². The Morgan fingerprint density at radius 1 is 0.900 bits per heavy atom. The zero-order valence-corrected chi connectivity index (χ0v) is 17.2. The maximum atomic E-state index is 13.2. The number of benzene rings is 2. The SMILES string of the molecule is O=S(=O)(c1ccc(F)cc1)N1CCC[C@@H](c2ccc(Cc3ccc(F)cc3)cn2)C1. The molecule has 0 saturated carbocycles. The highest BCUT2D eigenvalue weighted by Gasteiger charge is 2.31. The highest BCUT2D eigenvalue weighted by Crippen LogP contribution is 2.29. The number of rotatable bonds is 5. The van der Waals surface area contributed by atoms with E-state index in [0.29, 0.717) is 19.5 Å². The largest absolute Gasteiger partial charge is 0.261 e. The molecule has 30 heavy (non-hydrogen) atoms. The summed E-state index contributed by atoms with van der Waals surface area (Å²) >= 11 is 0. The zero-order valence-electron chi connectivity index (χ0n) is 16.3. The minimum Gasteiger partial charge on any atom is -0.261 e. The van der Waals surface area contributed by atoms with E-state index in [1.165, 1.54) is 28.6 Å². The van der Waals surface area contributed by atoms with Gasteiger partial charge in [-0.05, 0) is 72.9 Å². The second kappa shape index (κ2) is 8.62. The van der Waals surface area contributed by atoms with Gasteiger partial charge < -0.3 is 0 Å². The van der Waals surface area contributed by atoms with Crippen LogP contribution in [0.25, 0.3) is 0 Å². The number of pyridine rings is 1. The lowest BCUT2D eigenvalue weighted by molar-refractivity contribution is 0.312. The second-order valence-corrected chi connectivity index (χ2v) is 9.49. The summed E-state index contributed by atoms with van der Waals surface area (Å²) in [6.07, 6.45) is 4.05. The van der Waals surface area contributed by atoms with E-state index in [0.717, 1.165) is 41.8 Å². The zero-order chi connectivity index (χ0) is 21.1. The molecule has 1 aliphatic rings. The Morgan fingerprint density at radius 2 is 1.53 bits per heavy atom. The van der Waals surface area contributed by atoms with Crippen LogP contribution in [0.15, 0.2) is 71.8 Å². The van der Waals surface area contributed by atoms with Crippen LogP contribution in [-0.4, -0.2) is 30.8 Å². The molecule has 1 saturated heterocycles. The summed E-state index contributed by atoms with van der Waals surface area (Å²) in [5, 5.41) is 0. The Bertz CT molecular complexity index is 1100. The Morgan fingerprint density at radius 3 is 2.17 bits per heavy atom. The van der Waals surface area contributed by atoms with Crippen LogP contribution in [0, 0.1) is 11.6 Å². The summed E-state index contributed by atoms with van der Waals surface area (Å²) in [4.78, 5) is 4.68. The van der Waals surface area contributed by atoms with Crippen LogP contribution >= 0.6 is 0 Å². The maximum absolute atomic E-state index is 13.2. The molecule has 1 atom stereocenters. The Labute approximate surface area is 175 Å². The molecule has 1 aromatic heterocycles. The van der Waals surface area contributed by atoms with Gasteiger partial charge in [0.25, 0.3) is 0 Å². The van der Waals surface area contributed by atoms with Gasteiger partial charge in [-0.3, -0.25) is 4.98 Å². The van der Waals surface area contributed by atoms with E-state index >= 15 is 0 Å². The summed E-state index contributed by atoms with van der Waals surface area (Å²) in [6, 6.07) is 15.2. The monoisotopic (exact) mass is 428 g/mol. The summed E-state index contributed by atoms with van der Waals surface area (Å²) in [7, 11) is -3.66. The number of hydrogen-bond donors (Lipinski definition) is 0. The van der Waals surface area contributed by atoms with E-state index in [1.807, 2.05) is 12.1 Å². The molecule has 7 heteroatoms. The maximum Gasteiger partial charge on any atom is 0.243 e. The third kappa shape index (κ3) is 4.57. The quantitative estimate of drug-likeness (QED) is 0.600. The molecule has 0 spiro atoms. The molecule has 3 aromatic rings. The van der Waals surface area contributed by atoms with Crippen molar-refractivity contribution in [3.63, 3.8) is 0 Å². The number of halogens is 2. The number of aromatic nitrogens is 1. The van der Waals surface area contributed by atoms with E-state index in [1.54, 1.807) is 18.3 Å². The van der Waals surface area contributed by atoms with E-state index in [2.05, 4.69) is 4.98 Å². The summed E-state index contributed by atoms with van der Waals surface area (Å²) < 4.78 is 53.5. The van der Waals surface area contributed by atoms with Crippen LogP contribution in [0.5, 0.6) is 0 Å². The molecule has 0 radical (unpaired) electrons. The lowest BCUT2D eigenvalue weighted by Gasteiger charge is -2.31. The fourth-order valence-electron chi connectivity index (χ4n) is 3.78. The first-order valence-electron chi connectivity index (χ1n) is 9.87. The summed E-state index contributed by atoms with van der Waals surface area (Å²) in [6.45, 7) is 0.795. The van der Waals surface area contributed by atoms with Crippen molar-refractivity contribution in [2.75, 3.05) is 13.1 Å². The van der Waals surface area contributed by atoms with Crippen LogP contribution in [0.2, 0.25) is 0 Å². The van der Waals surface area contributed by atoms with Gasteiger partial charge in [-0.2, -0.15) is 4.31 Å². The van der Waals surface area contributed by atoms with Crippen molar-refractivity contribution in [1.29, 1.82) is 0 Å². The average molecular weight is 429 g/mol. The molecule has 0 amide bonds. The third-order valence-electron chi connectivity index (χ3n) is 5.42. The molecular weight excluding hydrogens is 406 g/mol. The number of piperidine rings is 1. The minimum absolute atomic E-state index is 0.00819. The van der Waals surface area contributed by atoms with Crippen LogP contribution in [-0.2, 0) is 16.4 Å². The first kappa shape index (κ1) is 20.6. The van der Waals surface area contributed by atoms with Gasteiger partial charge in [0, 0.05) is 30.9 Å². The van der Waals surface area contributed by atoms with Crippen molar-refractivity contribution in [2.24, 2.45) is 0 Å². The molecule has 156 valence electrons. The minimum atomic E-state index is -3.66. The molecule has 1 fully saturated rings. The predicted molar refractivity (Wildman–Crippen MR) is 111 cm³/mol. The van der Waals surface area contributed by atoms with Crippen LogP contribution in [0.4, 0.5) is 8.78 Å². The average Bonchev–Trinajstić information content (AvgIpc) is 2.76. The fraction of sp³-hybridized carbons (Fsp3) is 0.261. The normalized spacial score (nSPS) is 17.7.